The van der Waals surface area contributed by atoms with Gasteiger partial charge in [-0.3, -0.25) is 4.40 Å². The highest BCUT2D eigenvalue weighted by Crippen LogP contribution is 2.49. The second kappa shape index (κ2) is 9.04. The standard InChI is InChI=1S/C41H23N3S2/c1-2-10-26(11-3-1)43-34-17-9-7-15-30(34)37-39-38(46-41(37)43)31-22-24(19-21-36(31)45-39)25-18-20-32-35(23-25)44-33-16-8-6-13-28(33)27-12-4-5-14-29(27)40(44)42-32/h1-23H. The van der Waals surface area contributed by atoms with Gasteiger partial charge in [-0.05, 0) is 65.0 Å². The van der Waals surface area contributed by atoms with Crippen LogP contribution in [-0.2, 0) is 0 Å². The molecule has 0 fully saturated rings. The Hall–Kier alpha value is -5.49. The number of nitrogens with zero attached hydrogens (tertiary/aromatic N) is 3. The molecule has 0 saturated carbocycles. The molecule has 0 aliphatic heterocycles. The Morgan fingerprint density at radius 2 is 1.17 bits per heavy atom. The van der Waals surface area contributed by atoms with Gasteiger partial charge in [-0.25, -0.2) is 4.98 Å². The molecule has 6 aromatic carbocycles. The van der Waals surface area contributed by atoms with Gasteiger partial charge in [-0.15, -0.1) is 22.7 Å². The fourth-order valence-corrected chi connectivity index (χ4v) is 10.3. The topological polar surface area (TPSA) is 22.2 Å². The average Bonchev–Trinajstić information content (AvgIpc) is 3.85. The van der Waals surface area contributed by atoms with Gasteiger partial charge in [0.25, 0.3) is 0 Å². The molecule has 0 aliphatic carbocycles. The minimum absolute atomic E-state index is 1.01. The number of fused-ring (bicyclic) bond motifs is 15. The van der Waals surface area contributed by atoms with Crippen LogP contribution in [0, 0.1) is 0 Å². The van der Waals surface area contributed by atoms with Crippen molar-refractivity contribution in [1.29, 1.82) is 0 Å². The lowest BCUT2D eigenvalue weighted by atomic mass is 10.0. The Bertz CT molecular complexity index is 3030. The Labute approximate surface area is 270 Å². The van der Waals surface area contributed by atoms with Crippen molar-refractivity contribution < 1.29 is 0 Å². The predicted molar refractivity (Wildman–Crippen MR) is 198 cm³/mol. The molecule has 11 rings (SSSR count). The van der Waals surface area contributed by atoms with E-state index in [4.69, 9.17) is 4.98 Å². The van der Waals surface area contributed by atoms with Crippen molar-refractivity contribution in [2.75, 3.05) is 0 Å². The van der Waals surface area contributed by atoms with Crippen LogP contribution in [0.5, 0.6) is 0 Å². The summed E-state index contributed by atoms with van der Waals surface area (Å²) < 4.78 is 8.86. The van der Waals surface area contributed by atoms with Crippen molar-refractivity contribution in [3.05, 3.63) is 140 Å². The van der Waals surface area contributed by atoms with Crippen molar-refractivity contribution in [1.82, 2.24) is 14.0 Å². The average molecular weight is 622 g/mol. The van der Waals surface area contributed by atoms with Crippen LogP contribution in [0.4, 0.5) is 0 Å². The number of hydrogen-bond acceptors (Lipinski definition) is 3. The Morgan fingerprint density at radius 3 is 2.04 bits per heavy atom. The van der Waals surface area contributed by atoms with Gasteiger partial charge >= 0.3 is 0 Å². The van der Waals surface area contributed by atoms with Crippen molar-refractivity contribution in [2.24, 2.45) is 0 Å². The minimum atomic E-state index is 1.01. The van der Waals surface area contributed by atoms with E-state index in [0.29, 0.717) is 0 Å². The van der Waals surface area contributed by atoms with E-state index in [1.54, 1.807) is 0 Å². The van der Waals surface area contributed by atoms with Crippen LogP contribution in [0.15, 0.2) is 140 Å². The largest absolute Gasteiger partial charge is 0.301 e. The SMILES string of the molecule is c1ccc(-n2c3ccccc3c3c4sc5ccc(-c6ccc7nc8c9ccccc9c9ccccc9n8c7c6)cc5c4sc32)cc1. The number of thiophene rings is 2. The van der Waals surface area contributed by atoms with Gasteiger partial charge in [0.15, 0.2) is 0 Å². The first kappa shape index (κ1) is 24.8. The lowest BCUT2D eigenvalue weighted by Crippen LogP contribution is -1.91. The Balaban J connectivity index is 1.16. The summed E-state index contributed by atoms with van der Waals surface area (Å²) in [6.45, 7) is 0. The first-order chi connectivity index (χ1) is 22.8. The molecule has 5 heterocycles. The molecule has 0 saturated heterocycles. The van der Waals surface area contributed by atoms with E-state index in [1.807, 2.05) is 22.7 Å². The number of aromatic nitrogens is 3. The summed E-state index contributed by atoms with van der Waals surface area (Å²) >= 11 is 3.83. The summed E-state index contributed by atoms with van der Waals surface area (Å²) in [6.07, 6.45) is 0. The second-order valence-electron chi connectivity index (χ2n) is 12.0. The zero-order valence-electron chi connectivity index (χ0n) is 24.4. The molecule has 3 nitrogen and oxygen atoms in total. The van der Waals surface area contributed by atoms with Gasteiger partial charge in [-0.1, -0.05) is 91.0 Å². The third-order valence-corrected chi connectivity index (χ3v) is 12.0. The quantitative estimate of drug-likeness (QED) is 0.176. The van der Waals surface area contributed by atoms with Gasteiger partial charge in [0.2, 0.25) is 0 Å². The van der Waals surface area contributed by atoms with E-state index in [2.05, 4.69) is 148 Å². The van der Waals surface area contributed by atoms with Crippen LogP contribution >= 0.6 is 22.7 Å². The van der Waals surface area contributed by atoms with Crippen LogP contribution in [0.1, 0.15) is 0 Å². The highest BCUT2D eigenvalue weighted by atomic mass is 32.1. The molecule has 5 aromatic heterocycles. The number of pyridine rings is 1. The van der Waals surface area contributed by atoms with E-state index in [0.717, 1.165) is 16.7 Å². The number of hydrogen-bond donors (Lipinski definition) is 0. The summed E-state index contributed by atoms with van der Waals surface area (Å²) in [5.41, 5.74) is 9.23. The molecule has 11 aromatic rings. The lowest BCUT2D eigenvalue weighted by Gasteiger charge is -2.09. The number of para-hydroxylation sites is 3. The molecule has 0 radical (unpaired) electrons. The summed E-state index contributed by atoms with van der Waals surface area (Å²) in [7, 11) is 0. The molecule has 5 heteroatoms. The number of rotatable bonds is 2. The third kappa shape index (κ3) is 3.23. The van der Waals surface area contributed by atoms with E-state index >= 15 is 0 Å². The fraction of sp³-hybridized carbons (Fsp3) is 0. The van der Waals surface area contributed by atoms with E-state index in [9.17, 15) is 0 Å². The highest BCUT2D eigenvalue weighted by Gasteiger charge is 2.21. The van der Waals surface area contributed by atoms with Crippen LogP contribution in [0.2, 0.25) is 0 Å². The second-order valence-corrected chi connectivity index (χ2v) is 14.0. The summed E-state index contributed by atoms with van der Waals surface area (Å²) in [5.74, 6) is 0. The lowest BCUT2D eigenvalue weighted by molar-refractivity contribution is 1.19. The summed E-state index contributed by atoms with van der Waals surface area (Å²) in [5, 5.41) is 7.68. The van der Waals surface area contributed by atoms with Crippen molar-refractivity contribution in [3.8, 4) is 16.8 Å². The molecule has 0 amide bonds. The van der Waals surface area contributed by atoms with Crippen LogP contribution < -0.4 is 0 Å². The van der Waals surface area contributed by atoms with Crippen molar-refractivity contribution in [2.45, 2.75) is 0 Å². The Kier molecular flexibility index (Phi) is 4.87. The monoisotopic (exact) mass is 621 g/mol. The molecule has 46 heavy (non-hydrogen) atoms. The summed E-state index contributed by atoms with van der Waals surface area (Å²) in [6, 6.07) is 50.6. The first-order valence-corrected chi connectivity index (χ1v) is 17.1. The van der Waals surface area contributed by atoms with Gasteiger partial charge in [-0.2, -0.15) is 0 Å². The maximum absolute atomic E-state index is 5.15. The number of benzene rings is 6. The van der Waals surface area contributed by atoms with Crippen molar-refractivity contribution >= 4 is 102 Å². The molecular weight excluding hydrogens is 599 g/mol. The third-order valence-electron chi connectivity index (χ3n) is 9.50. The maximum atomic E-state index is 5.15. The highest BCUT2D eigenvalue weighted by molar-refractivity contribution is 7.36. The normalized spacial score (nSPS) is 12.3. The van der Waals surface area contributed by atoms with Gasteiger partial charge in [0, 0.05) is 37.3 Å². The van der Waals surface area contributed by atoms with Crippen LogP contribution in [0.3, 0.4) is 0 Å². The van der Waals surface area contributed by atoms with E-state index in [-0.39, 0.29) is 0 Å². The fourth-order valence-electron chi connectivity index (χ4n) is 7.47. The van der Waals surface area contributed by atoms with Gasteiger partial charge < -0.3 is 4.57 Å². The molecule has 0 bridgehead atoms. The Morgan fingerprint density at radius 1 is 0.478 bits per heavy atom. The predicted octanol–water partition coefficient (Wildman–Crippen LogP) is 12.0. The molecule has 214 valence electrons. The smallest absolute Gasteiger partial charge is 0.146 e. The molecule has 0 atom stereocenters. The molecular formula is C41H23N3S2. The van der Waals surface area contributed by atoms with Gasteiger partial charge in [0.05, 0.1) is 31.5 Å². The summed E-state index contributed by atoms with van der Waals surface area (Å²) in [4.78, 5) is 6.46. The minimum Gasteiger partial charge on any atom is -0.301 e. The molecule has 0 spiro atoms. The van der Waals surface area contributed by atoms with Crippen molar-refractivity contribution in [3.63, 3.8) is 0 Å². The maximum Gasteiger partial charge on any atom is 0.146 e. The number of imidazole rings is 1. The first-order valence-electron chi connectivity index (χ1n) is 15.5. The van der Waals surface area contributed by atoms with Crippen LogP contribution in [-0.4, -0.2) is 14.0 Å². The van der Waals surface area contributed by atoms with Gasteiger partial charge in [0.1, 0.15) is 10.5 Å². The van der Waals surface area contributed by atoms with Crippen LogP contribution in [0.25, 0.3) is 95.8 Å². The van der Waals surface area contributed by atoms with E-state index in [1.165, 1.54) is 79.1 Å². The molecule has 0 aliphatic rings. The molecule has 0 N–H and O–H groups in total. The zero-order valence-corrected chi connectivity index (χ0v) is 26.1. The zero-order chi connectivity index (χ0) is 29.9. The van der Waals surface area contributed by atoms with E-state index < -0.39 is 0 Å². The molecule has 0 unspecified atom stereocenters.